The van der Waals surface area contributed by atoms with Crippen LogP contribution >= 0.6 is 63.0 Å². The first-order chi connectivity index (χ1) is 10.1. The molecule has 1 aromatic carbocycles. The van der Waals surface area contributed by atoms with Crippen molar-refractivity contribution in [2.24, 2.45) is 0 Å². The number of amides is 2. The van der Waals surface area contributed by atoms with Crippen molar-refractivity contribution in [3.8, 4) is 0 Å². The molecule has 0 aliphatic rings. The van der Waals surface area contributed by atoms with Crippen molar-refractivity contribution in [1.29, 1.82) is 0 Å². The highest BCUT2D eigenvalue weighted by Gasteiger charge is 2.35. The lowest BCUT2D eigenvalue weighted by Gasteiger charge is -2.28. The molecular weight excluding hydrogens is 434 g/mol. The molecular formula is C12H14BrCl3N4OS. The third kappa shape index (κ3) is 6.75. The van der Waals surface area contributed by atoms with Crippen molar-refractivity contribution in [3.05, 3.63) is 28.7 Å². The number of thiocarbonyl (C=S) groups is 1. The van der Waals surface area contributed by atoms with Gasteiger partial charge >= 0.3 is 6.03 Å². The number of alkyl halides is 3. The van der Waals surface area contributed by atoms with Crippen molar-refractivity contribution in [2.75, 3.05) is 19.4 Å². The van der Waals surface area contributed by atoms with E-state index in [1.165, 1.54) is 4.90 Å². The van der Waals surface area contributed by atoms with E-state index in [0.717, 1.165) is 10.2 Å². The van der Waals surface area contributed by atoms with Gasteiger partial charge in [0.05, 0.1) is 0 Å². The zero-order valence-corrected chi connectivity index (χ0v) is 16.3. The third-order valence-electron chi connectivity index (χ3n) is 2.36. The van der Waals surface area contributed by atoms with Crippen molar-refractivity contribution in [2.45, 2.75) is 9.96 Å². The van der Waals surface area contributed by atoms with E-state index in [1.54, 1.807) is 14.1 Å². The molecule has 0 spiro atoms. The van der Waals surface area contributed by atoms with E-state index in [-0.39, 0.29) is 5.11 Å². The summed E-state index contributed by atoms with van der Waals surface area (Å²) in [6, 6.07) is 6.95. The average molecular weight is 449 g/mol. The summed E-state index contributed by atoms with van der Waals surface area (Å²) in [6.07, 6.45) is -1.00. The number of rotatable bonds is 3. The van der Waals surface area contributed by atoms with E-state index in [0.29, 0.717) is 0 Å². The average Bonchev–Trinajstić information content (AvgIpc) is 2.36. The van der Waals surface area contributed by atoms with Gasteiger partial charge in [0.2, 0.25) is 3.79 Å². The highest BCUT2D eigenvalue weighted by molar-refractivity contribution is 9.10. The molecule has 1 rings (SSSR count). The van der Waals surface area contributed by atoms with Crippen LogP contribution in [-0.2, 0) is 0 Å². The lowest BCUT2D eigenvalue weighted by Crippen LogP contribution is -2.57. The molecule has 0 saturated carbocycles. The minimum Gasteiger partial charge on any atom is -0.339 e. The second kappa shape index (κ2) is 8.40. The van der Waals surface area contributed by atoms with Gasteiger partial charge in [0, 0.05) is 24.3 Å². The van der Waals surface area contributed by atoms with E-state index in [4.69, 9.17) is 47.0 Å². The van der Waals surface area contributed by atoms with Gasteiger partial charge in [0.15, 0.2) is 11.3 Å². The van der Waals surface area contributed by atoms with E-state index in [1.807, 2.05) is 24.3 Å². The van der Waals surface area contributed by atoms with E-state index in [9.17, 15) is 4.79 Å². The fourth-order valence-corrected chi connectivity index (χ4v) is 2.28. The number of carbonyl (C=O) groups excluding carboxylic acids is 1. The number of urea groups is 1. The Morgan fingerprint density at radius 3 is 2.45 bits per heavy atom. The number of halogens is 4. The Labute approximate surface area is 157 Å². The molecule has 2 amide bonds. The Morgan fingerprint density at radius 1 is 1.32 bits per heavy atom. The van der Waals surface area contributed by atoms with Gasteiger partial charge in [-0.05, 0) is 30.4 Å². The molecule has 10 heteroatoms. The van der Waals surface area contributed by atoms with Crippen LogP contribution in [0, 0.1) is 0 Å². The van der Waals surface area contributed by atoms with E-state index >= 15 is 0 Å². The van der Waals surface area contributed by atoms with E-state index < -0.39 is 16.0 Å². The molecule has 0 aromatic heterocycles. The second-order valence-corrected chi connectivity index (χ2v) is 8.12. The molecule has 1 aromatic rings. The van der Waals surface area contributed by atoms with Crippen LogP contribution in [0.5, 0.6) is 0 Å². The van der Waals surface area contributed by atoms with Crippen LogP contribution in [0.25, 0.3) is 0 Å². The summed E-state index contributed by atoms with van der Waals surface area (Å²) >= 11 is 26.1. The maximum atomic E-state index is 11.7. The third-order valence-corrected chi connectivity index (χ3v) is 3.73. The topological polar surface area (TPSA) is 56.4 Å². The van der Waals surface area contributed by atoms with Gasteiger partial charge in [-0.25, -0.2) is 4.79 Å². The lowest BCUT2D eigenvalue weighted by atomic mass is 10.3. The molecule has 0 heterocycles. The molecule has 5 nitrogen and oxygen atoms in total. The first-order valence-corrected chi connectivity index (χ1v) is 8.30. The molecule has 0 bridgehead atoms. The van der Waals surface area contributed by atoms with Gasteiger partial charge in [-0.3, -0.25) is 0 Å². The molecule has 122 valence electrons. The van der Waals surface area contributed by atoms with Crippen LogP contribution in [0.15, 0.2) is 28.7 Å². The molecule has 0 saturated heterocycles. The van der Waals surface area contributed by atoms with Crippen LogP contribution in [-0.4, -0.2) is 40.1 Å². The molecule has 22 heavy (non-hydrogen) atoms. The molecule has 3 N–H and O–H groups in total. The monoisotopic (exact) mass is 446 g/mol. The fourth-order valence-electron chi connectivity index (χ4n) is 1.32. The first kappa shape index (κ1) is 19.6. The summed E-state index contributed by atoms with van der Waals surface area (Å²) in [7, 11) is 3.14. The van der Waals surface area contributed by atoms with Gasteiger partial charge in [-0.15, -0.1) is 0 Å². The zero-order chi connectivity index (χ0) is 16.9. The van der Waals surface area contributed by atoms with Crippen molar-refractivity contribution >= 4 is 79.8 Å². The number of carbonyl (C=O) groups is 1. The Balaban J connectivity index is 2.73. The van der Waals surface area contributed by atoms with Crippen molar-refractivity contribution in [1.82, 2.24) is 15.5 Å². The van der Waals surface area contributed by atoms with Crippen LogP contribution in [0.3, 0.4) is 0 Å². The predicted octanol–water partition coefficient (Wildman–Crippen LogP) is 3.70. The maximum Gasteiger partial charge on any atom is 0.318 e. The largest absolute Gasteiger partial charge is 0.339 e. The fraction of sp³-hybridized carbons (Fsp3) is 0.333. The molecule has 0 aliphatic carbocycles. The quantitative estimate of drug-likeness (QED) is 0.375. The van der Waals surface area contributed by atoms with Gasteiger partial charge in [-0.2, -0.15) is 0 Å². The number of anilines is 1. The summed E-state index contributed by atoms with van der Waals surface area (Å²) in [5, 5.41) is 8.43. The Kier molecular flexibility index (Phi) is 7.48. The van der Waals surface area contributed by atoms with Gasteiger partial charge in [-0.1, -0.05) is 56.8 Å². The van der Waals surface area contributed by atoms with Crippen LogP contribution < -0.4 is 16.0 Å². The number of hydrogen-bond acceptors (Lipinski definition) is 2. The number of hydrogen-bond donors (Lipinski definition) is 3. The standard InChI is InChI=1S/C12H14BrCl3N4OS/c1-20(2)11(21)19-9(12(14,15)16)18-10(22)17-8-5-3-4-7(13)6-8/h3-6,9H,1-2H3,(H,19,21)(H2,17,18,22)/t9-/m0/s1. The molecule has 0 fully saturated rings. The van der Waals surface area contributed by atoms with Gasteiger partial charge in [0.1, 0.15) is 0 Å². The summed E-state index contributed by atoms with van der Waals surface area (Å²) in [6.45, 7) is 0. The van der Waals surface area contributed by atoms with Crippen LogP contribution in [0.1, 0.15) is 0 Å². The SMILES string of the molecule is CN(C)C(=O)N[C@H](NC(=S)Nc1cccc(Br)c1)C(Cl)(Cl)Cl. The van der Waals surface area contributed by atoms with Gasteiger partial charge < -0.3 is 20.9 Å². The predicted molar refractivity (Wildman–Crippen MR) is 99.8 cm³/mol. The molecule has 0 radical (unpaired) electrons. The highest BCUT2D eigenvalue weighted by atomic mass is 79.9. The number of nitrogens with zero attached hydrogens (tertiary/aromatic N) is 1. The van der Waals surface area contributed by atoms with E-state index in [2.05, 4.69) is 31.9 Å². The normalized spacial score (nSPS) is 12.3. The Bertz CT molecular complexity index is 553. The molecule has 0 aliphatic heterocycles. The minimum atomic E-state index is -1.78. The summed E-state index contributed by atoms with van der Waals surface area (Å²) in [5.41, 5.74) is 0.744. The molecule has 0 unspecified atom stereocenters. The van der Waals surface area contributed by atoms with Crippen LogP contribution in [0.4, 0.5) is 10.5 Å². The Hall–Kier alpha value is -0.470. The minimum absolute atomic E-state index is 0.202. The smallest absolute Gasteiger partial charge is 0.318 e. The number of benzene rings is 1. The first-order valence-electron chi connectivity index (χ1n) is 5.97. The zero-order valence-electron chi connectivity index (χ0n) is 11.7. The summed E-state index contributed by atoms with van der Waals surface area (Å²) in [5.74, 6) is 0. The summed E-state index contributed by atoms with van der Waals surface area (Å²) < 4.78 is -0.895. The van der Waals surface area contributed by atoms with Gasteiger partial charge in [0.25, 0.3) is 0 Å². The van der Waals surface area contributed by atoms with Crippen molar-refractivity contribution < 1.29 is 4.79 Å². The molecule has 1 atom stereocenters. The maximum absolute atomic E-state index is 11.7. The second-order valence-electron chi connectivity index (χ2n) is 4.43. The summed E-state index contributed by atoms with van der Waals surface area (Å²) in [4.78, 5) is 13.0. The Morgan fingerprint density at radius 2 is 1.95 bits per heavy atom. The van der Waals surface area contributed by atoms with Crippen molar-refractivity contribution in [3.63, 3.8) is 0 Å². The van der Waals surface area contributed by atoms with Crippen LogP contribution in [0.2, 0.25) is 0 Å². The highest BCUT2D eigenvalue weighted by Crippen LogP contribution is 2.29. The lowest BCUT2D eigenvalue weighted by molar-refractivity contribution is 0.212. The number of nitrogens with one attached hydrogen (secondary N) is 3.